The first-order chi connectivity index (χ1) is 9.08. The second kappa shape index (κ2) is 5.87. The number of rotatable bonds is 3. The molecular weight excluding hydrogens is 240 g/mol. The van der Waals surface area contributed by atoms with Crippen LogP contribution in [0, 0.1) is 12.8 Å². The second-order valence-electron chi connectivity index (χ2n) is 5.16. The predicted octanol–water partition coefficient (Wildman–Crippen LogP) is 1.48. The Labute approximate surface area is 113 Å². The van der Waals surface area contributed by atoms with E-state index in [-0.39, 0.29) is 17.7 Å². The molecule has 1 heterocycles. The maximum absolute atomic E-state index is 12.3. The summed E-state index contributed by atoms with van der Waals surface area (Å²) >= 11 is 0. The molecule has 2 rings (SSSR count). The van der Waals surface area contributed by atoms with Crippen molar-refractivity contribution >= 4 is 11.8 Å². The van der Waals surface area contributed by atoms with Crippen molar-refractivity contribution in [2.24, 2.45) is 5.92 Å². The van der Waals surface area contributed by atoms with Crippen LogP contribution in [0.1, 0.15) is 24.0 Å². The van der Waals surface area contributed by atoms with E-state index in [0.717, 1.165) is 5.56 Å². The van der Waals surface area contributed by atoms with Gasteiger partial charge in [-0.15, -0.1) is 0 Å². The number of hydrogen-bond donors (Lipinski definition) is 1. The van der Waals surface area contributed by atoms with Gasteiger partial charge in [0.1, 0.15) is 0 Å². The van der Waals surface area contributed by atoms with Gasteiger partial charge in [-0.05, 0) is 24.5 Å². The fourth-order valence-electron chi connectivity index (χ4n) is 2.38. The topological polar surface area (TPSA) is 49.4 Å². The first kappa shape index (κ1) is 13.6. The molecule has 1 aromatic carbocycles. The minimum atomic E-state index is -0.0771. The van der Waals surface area contributed by atoms with Crippen LogP contribution in [0.2, 0.25) is 0 Å². The van der Waals surface area contributed by atoms with E-state index in [1.807, 2.05) is 25.2 Å². The van der Waals surface area contributed by atoms with Gasteiger partial charge in [-0.25, -0.2) is 0 Å². The highest BCUT2D eigenvalue weighted by Gasteiger charge is 2.26. The number of aryl methyl sites for hydroxylation is 1. The van der Waals surface area contributed by atoms with Crippen LogP contribution >= 0.6 is 0 Å². The summed E-state index contributed by atoms with van der Waals surface area (Å²) in [5, 5.41) is 2.76. The normalized spacial score (nSPS) is 18.8. The zero-order valence-corrected chi connectivity index (χ0v) is 11.5. The number of piperidine rings is 1. The Balaban J connectivity index is 1.96. The molecule has 4 heteroatoms. The zero-order valence-electron chi connectivity index (χ0n) is 11.5. The number of carbonyl (C=O) groups excluding carboxylic acids is 2. The summed E-state index contributed by atoms with van der Waals surface area (Å²) in [4.78, 5) is 25.2. The fraction of sp³-hybridized carbons (Fsp3) is 0.467. The predicted molar refractivity (Wildman–Crippen MR) is 73.4 cm³/mol. The SMILES string of the molecule is Cc1ccccc1CN(C)C(=O)C1CCC(=O)NC1. The van der Waals surface area contributed by atoms with Crippen molar-refractivity contribution in [2.75, 3.05) is 13.6 Å². The summed E-state index contributed by atoms with van der Waals surface area (Å²) < 4.78 is 0. The van der Waals surface area contributed by atoms with Crippen LogP contribution in [-0.2, 0) is 16.1 Å². The summed E-state index contributed by atoms with van der Waals surface area (Å²) in [7, 11) is 1.82. The molecule has 1 aromatic rings. The lowest BCUT2D eigenvalue weighted by Crippen LogP contribution is -2.43. The standard InChI is InChI=1S/C15H20N2O2/c1-11-5-3-4-6-13(11)10-17(2)15(19)12-7-8-14(18)16-9-12/h3-6,12H,7-10H2,1-2H3,(H,16,18). The zero-order chi connectivity index (χ0) is 13.8. The van der Waals surface area contributed by atoms with E-state index in [4.69, 9.17) is 0 Å². The van der Waals surface area contributed by atoms with Crippen molar-refractivity contribution in [2.45, 2.75) is 26.3 Å². The third-order valence-electron chi connectivity index (χ3n) is 3.66. The van der Waals surface area contributed by atoms with Crippen LogP contribution in [0.5, 0.6) is 0 Å². The van der Waals surface area contributed by atoms with Gasteiger partial charge in [0.25, 0.3) is 0 Å². The summed E-state index contributed by atoms with van der Waals surface area (Å²) in [6.45, 7) is 3.14. The Morgan fingerprint density at radius 3 is 2.79 bits per heavy atom. The van der Waals surface area contributed by atoms with Gasteiger partial charge in [-0.3, -0.25) is 9.59 Å². The van der Waals surface area contributed by atoms with Crippen LogP contribution in [-0.4, -0.2) is 30.3 Å². The molecule has 2 amide bonds. The van der Waals surface area contributed by atoms with Crippen molar-refractivity contribution in [3.05, 3.63) is 35.4 Å². The second-order valence-corrected chi connectivity index (χ2v) is 5.16. The number of hydrogen-bond acceptors (Lipinski definition) is 2. The quantitative estimate of drug-likeness (QED) is 0.895. The first-order valence-corrected chi connectivity index (χ1v) is 6.64. The molecule has 0 radical (unpaired) electrons. The van der Waals surface area contributed by atoms with Crippen LogP contribution in [0.25, 0.3) is 0 Å². The summed E-state index contributed by atoms with van der Waals surface area (Å²) in [6, 6.07) is 8.08. The van der Waals surface area contributed by atoms with Crippen LogP contribution in [0.4, 0.5) is 0 Å². The molecule has 0 aromatic heterocycles. The Kier molecular flexibility index (Phi) is 4.20. The molecule has 0 bridgehead atoms. The van der Waals surface area contributed by atoms with Crippen molar-refractivity contribution in [1.29, 1.82) is 0 Å². The lowest BCUT2D eigenvalue weighted by molar-refractivity contribution is -0.136. The number of nitrogens with zero attached hydrogens (tertiary/aromatic N) is 1. The Bertz CT molecular complexity index is 475. The van der Waals surface area contributed by atoms with Crippen molar-refractivity contribution in [1.82, 2.24) is 10.2 Å². The van der Waals surface area contributed by atoms with Gasteiger partial charge in [-0.1, -0.05) is 24.3 Å². The maximum Gasteiger partial charge on any atom is 0.227 e. The molecule has 1 atom stereocenters. The van der Waals surface area contributed by atoms with E-state index < -0.39 is 0 Å². The Hall–Kier alpha value is -1.84. The van der Waals surface area contributed by atoms with E-state index in [2.05, 4.69) is 18.3 Å². The number of carbonyl (C=O) groups is 2. The highest BCUT2D eigenvalue weighted by molar-refractivity contribution is 5.83. The Morgan fingerprint density at radius 2 is 2.16 bits per heavy atom. The first-order valence-electron chi connectivity index (χ1n) is 6.64. The van der Waals surface area contributed by atoms with Gasteiger partial charge in [0.15, 0.2) is 0 Å². The van der Waals surface area contributed by atoms with Crippen molar-refractivity contribution in [3.63, 3.8) is 0 Å². The summed E-state index contributed by atoms with van der Waals surface area (Å²) in [5.74, 6) is 0.0839. The highest BCUT2D eigenvalue weighted by Crippen LogP contribution is 2.16. The average Bonchev–Trinajstić information content (AvgIpc) is 2.41. The van der Waals surface area contributed by atoms with E-state index in [0.29, 0.717) is 25.9 Å². The highest BCUT2D eigenvalue weighted by atomic mass is 16.2. The largest absolute Gasteiger partial charge is 0.355 e. The minimum absolute atomic E-state index is 0.0469. The van der Waals surface area contributed by atoms with Gasteiger partial charge in [0, 0.05) is 26.6 Å². The molecule has 4 nitrogen and oxygen atoms in total. The summed E-state index contributed by atoms with van der Waals surface area (Å²) in [5.41, 5.74) is 2.36. The molecule has 0 aliphatic carbocycles. The van der Waals surface area contributed by atoms with E-state index in [1.54, 1.807) is 4.90 Å². The molecule has 1 aliphatic heterocycles. The summed E-state index contributed by atoms with van der Waals surface area (Å²) in [6.07, 6.45) is 1.11. The van der Waals surface area contributed by atoms with Crippen LogP contribution in [0.3, 0.4) is 0 Å². The van der Waals surface area contributed by atoms with E-state index in [9.17, 15) is 9.59 Å². The van der Waals surface area contributed by atoms with Gasteiger partial charge >= 0.3 is 0 Å². The third-order valence-corrected chi connectivity index (χ3v) is 3.66. The average molecular weight is 260 g/mol. The molecule has 19 heavy (non-hydrogen) atoms. The van der Waals surface area contributed by atoms with Crippen molar-refractivity contribution < 1.29 is 9.59 Å². The number of amides is 2. The van der Waals surface area contributed by atoms with E-state index in [1.165, 1.54) is 5.56 Å². The van der Waals surface area contributed by atoms with Gasteiger partial charge in [0.05, 0.1) is 5.92 Å². The van der Waals surface area contributed by atoms with Crippen LogP contribution < -0.4 is 5.32 Å². The molecular formula is C15H20N2O2. The van der Waals surface area contributed by atoms with E-state index >= 15 is 0 Å². The lowest BCUT2D eigenvalue weighted by atomic mass is 9.97. The number of benzene rings is 1. The molecule has 0 spiro atoms. The molecule has 1 aliphatic rings. The fourth-order valence-corrected chi connectivity index (χ4v) is 2.38. The molecule has 1 N–H and O–H groups in total. The minimum Gasteiger partial charge on any atom is -0.355 e. The molecule has 0 saturated carbocycles. The number of nitrogens with one attached hydrogen (secondary N) is 1. The molecule has 1 unspecified atom stereocenters. The maximum atomic E-state index is 12.3. The van der Waals surface area contributed by atoms with Crippen molar-refractivity contribution in [3.8, 4) is 0 Å². The third kappa shape index (κ3) is 3.34. The Morgan fingerprint density at radius 1 is 1.42 bits per heavy atom. The lowest BCUT2D eigenvalue weighted by Gasteiger charge is -2.27. The molecule has 1 fully saturated rings. The van der Waals surface area contributed by atoms with Gasteiger partial charge in [0.2, 0.25) is 11.8 Å². The molecule has 102 valence electrons. The van der Waals surface area contributed by atoms with Crippen LogP contribution in [0.15, 0.2) is 24.3 Å². The molecule has 1 saturated heterocycles. The van der Waals surface area contributed by atoms with Gasteiger partial charge in [-0.2, -0.15) is 0 Å². The smallest absolute Gasteiger partial charge is 0.227 e. The monoisotopic (exact) mass is 260 g/mol. The van der Waals surface area contributed by atoms with Gasteiger partial charge < -0.3 is 10.2 Å².